The second kappa shape index (κ2) is 14.2. The minimum Gasteiger partial charge on any atom is -0.494 e. The van der Waals surface area contributed by atoms with Crippen LogP contribution in [0.25, 0.3) is 0 Å². The van der Waals surface area contributed by atoms with Crippen molar-refractivity contribution in [2.75, 3.05) is 35.2 Å². The summed E-state index contributed by atoms with van der Waals surface area (Å²) in [5.41, 5.74) is 1.36. The van der Waals surface area contributed by atoms with Crippen LogP contribution in [0.5, 0.6) is 17.2 Å². The van der Waals surface area contributed by atoms with Crippen molar-refractivity contribution < 1.29 is 23.5 Å². The number of benzene rings is 4. The Morgan fingerprint density at radius 1 is 0.775 bits per heavy atom. The summed E-state index contributed by atoms with van der Waals surface area (Å²) in [6.07, 6.45) is 0.448. The molecule has 206 valence electrons. The van der Waals surface area contributed by atoms with Crippen molar-refractivity contribution in [2.45, 2.75) is 13.3 Å². The summed E-state index contributed by atoms with van der Waals surface area (Å²) >= 11 is 0. The summed E-state index contributed by atoms with van der Waals surface area (Å²) < 4.78 is 25.1. The van der Waals surface area contributed by atoms with Crippen LogP contribution in [-0.2, 0) is 0 Å². The molecule has 0 spiro atoms. The lowest BCUT2D eigenvalue weighted by atomic mass is 10.2. The van der Waals surface area contributed by atoms with E-state index in [4.69, 9.17) is 9.47 Å². The van der Waals surface area contributed by atoms with Crippen molar-refractivity contribution in [3.05, 3.63) is 109 Å². The number of carbonyl (C=O) groups excluding carboxylic acids is 2. The zero-order valence-electron chi connectivity index (χ0n) is 22.1. The highest BCUT2D eigenvalue weighted by atomic mass is 19.1. The Labute approximate surface area is 232 Å². The van der Waals surface area contributed by atoms with E-state index in [1.807, 2.05) is 37.3 Å². The smallest absolute Gasteiger partial charge is 0.326 e. The fourth-order valence-corrected chi connectivity index (χ4v) is 3.83. The molecule has 0 atom stereocenters. The number of para-hydroxylation sites is 2. The fraction of sp³-hybridized carbons (Fsp3) is 0.161. The topological polar surface area (TPSA) is 91.9 Å². The number of nitrogens with one attached hydrogen (secondary N) is 3. The molecule has 0 bridgehead atoms. The van der Waals surface area contributed by atoms with E-state index in [1.54, 1.807) is 65.6 Å². The first-order chi connectivity index (χ1) is 19.5. The van der Waals surface area contributed by atoms with Crippen molar-refractivity contribution in [3.63, 3.8) is 0 Å². The molecule has 0 aromatic heterocycles. The minimum absolute atomic E-state index is 0.0918. The molecule has 3 N–H and O–H groups in total. The van der Waals surface area contributed by atoms with E-state index in [1.165, 1.54) is 12.1 Å². The van der Waals surface area contributed by atoms with Crippen LogP contribution in [0.1, 0.15) is 13.3 Å². The predicted octanol–water partition coefficient (Wildman–Crippen LogP) is 7.27. The van der Waals surface area contributed by atoms with Crippen LogP contribution in [0.15, 0.2) is 103 Å². The molecule has 4 amide bonds. The molecule has 0 saturated heterocycles. The summed E-state index contributed by atoms with van der Waals surface area (Å²) in [5, 5.41) is 8.09. The molecule has 0 aliphatic heterocycles. The summed E-state index contributed by atoms with van der Waals surface area (Å²) in [6, 6.07) is 28.8. The molecule has 0 heterocycles. The summed E-state index contributed by atoms with van der Waals surface area (Å²) in [5.74, 6) is 1.54. The van der Waals surface area contributed by atoms with Crippen LogP contribution in [0.4, 0.5) is 31.0 Å². The highest BCUT2D eigenvalue weighted by molar-refractivity contribution is 6.01. The number of nitrogens with zero attached hydrogens (tertiary/aromatic N) is 1. The van der Waals surface area contributed by atoms with Gasteiger partial charge in [0.2, 0.25) is 0 Å². The minimum atomic E-state index is -0.530. The molecular formula is C31H31FN4O4. The molecule has 0 unspecified atom stereocenters. The van der Waals surface area contributed by atoms with Crippen molar-refractivity contribution in [3.8, 4) is 17.2 Å². The Morgan fingerprint density at radius 2 is 1.43 bits per heavy atom. The van der Waals surface area contributed by atoms with Gasteiger partial charge < -0.3 is 25.4 Å². The highest BCUT2D eigenvalue weighted by Crippen LogP contribution is 2.25. The fourth-order valence-electron chi connectivity index (χ4n) is 3.83. The van der Waals surface area contributed by atoms with Gasteiger partial charge in [0.15, 0.2) is 0 Å². The summed E-state index contributed by atoms with van der Waals surface area (Å²) in [4.78, 5) is 27.1. The number of halogens is 1. The SMILES string of the molecule is CCOc1ccc(NC(=O)N(CCCNC(=O)Nc2ccccc2F)c2ccc(Oc3ccccc3)cc2)cc1. The van der Waals surface area contributed by atoms with E-state index >= 15 is 0 Å². The molecule has 0 aliphatic rings. The maximum atomic E-state index is 13.8. The lowest BCUT2D eigenvalue weighted by Gasteiger charge is -2.24. The Kier molecular flexibility index (Phi) is 9.93. The van der Waals surface area contributed by atoms with E-state index in [0.717, 1.165) is 0 Å². The third kappa shape index (κ3) is 8.22. The van der Waals surface area contributed by atoms with Gasteiger partial charge in [0, 0.05) is 24.5 Å². The highest BCUT2D eigenvalue weighted by Gasteiger charge is 2.17. The maximum Gasteiger partial charge on any atom is 0.326 e. The van der Waals surface area contributed by atoms with Gasteiger partial charge in [-0.1, -0.05) is 30.3 Å². The first-order valence-corrected chi connectivity index (χ1v) is 13.0. The number of urea groups is 2. The van der Waals surface area contributed by atoms with Gasteiger partial charge in [0.1, 0.15) is 23.1 Å². The number of hydrogen-bond donors (Lipinski definition) is 3. The third-order valence-corrected chi connectivity index (χ3v) is 5.76. The quantitative estimate of drug-likeness (QED) is 0.174. The molecule has 0 fully saturated rings. The second-order valence-corrected chi connectivity index (χ2v) is 8.66. The average Bonchev–Trinajstić information content (AvgIpc) is 2.96. The molecule has 8 nitrogen and oxygen atoms in total. The maximum absolute atomic E-state index is 13.8. The van der Waals surface area contributed by atoms with Gasteiger partial charge in [-0.3, -0.25) is 4.90 Å². The number of hydrogen-bond acceptors (Lipinski definition) is 4. The van der Waals surface area contributed by atoms with Crippen LogP contribution in [0, 0.1) is 5.82 Å². The number of anilines is 3. The van der Waals surface area contributed by atoms with Gasteiger partial charge in [-0.2, -0.15) is 0 Å². The van der Waals surface area contributed by atoms with E-state index < -0.39 is 11.8 Å². The standard InChI is InChI=1S/C31H31FN4O4/c1-2-39-25-17-13-23(14-18-25)34-31(38)36(22-8-21-33-30(37)35-29-12-7-6-11-28(29)32)24-15-19-27(20-16-24)40-26-9-4-3-5-10-26/h3-7,9-20H,2,8,21-22H2,1H3,(H,34,38)(H2,33,35,37). The van der Waals surface area contributed by atoms with Crippen LogP contribution >= 0.6 is 0 Å². The van der Waals surface area contributed by atoms with E-state index in [2.05, 4.69) is 16.0 Å². The van der Waals surface area contributed by atoms with Crippen molar-refractivity contribution in [2.24, 2.45) is 0 Å². The van der Waals surface area contributed by atoms with Gasteiger partial charge in [-0.25, -0.2) is 14.0 Å². The number of ether oxygens (including phenoxy) is 2. The monoisotopic (exact) mass is 542 g/mol. The molecule has 4 aromatic rings. The lowest BCUT2D eigenvalue weighted by molar-refractivity contribution is 0.252. The van der Waals surface area contributed by atoms with Gasteiger partial charge >= 0.3 is 12.1 Å². The molecular weight excluding hydrogens is 511 g/mol. The van der Waals surface area contributed by atoms with Gasteiger partial charge in [-0.15, -0.1) is 0 Å². The Hall–Kier alpha value is -5.05. The molecule has 0 aliphatic carbocycles. The Balaban J connectivity index is 1.40. The molecule has 9 heteroatoms. The van der Waals surface area contributed by atoms with Crippen LogP contribution < -0.4 is 30.3 Å². The first-order valence-electron chi connectivity index (χ1n) is 13.0. The number of amides is 4. The number of rotatable bonds is 11. The zero-order chi connectivity index (χ0) is 28.2. The van der Waals surface area contributed by atoms with Crippen LogP contribution in [-0.4, -0.2) is 31.8 Å². The van der Waals surface area contributed by atoms with Gasteiger partial charge in [0.25, 0.3) is 0 Å². The van der Waals surface area contributed by atoms with Crippen molar-refractivity contribution >= 4 is 29.1 Å². The van der Waals surface area contributed by atoms with Gasteiger partial charge in [0.05, 0.1) is 12.3 Å². The van der Waals surface area contributed by atoms with Crippen LogP contribution in [0.3, 0.4) is 0 Å². The first kappa shape index (κ1) is 28.0. The molecule has 4 aromatic carbocycles. The second-order valence-electron chi connectivity index (χ2n) is 8.66. The molecule has 0 radical (unpaired) electrons. The number of carbonyl (C=O) groups is 2. The van der Waals surface area contributed by atoms with E-state index in [9.17, 15) is 14.0 Å². The zero-order valence-corrected chi connectivity index (χ0v) is 22.1. The lowest BCUT2D eigenvalue weighted by Crippen LogP contribution is -2.38. The van der Waals surface area contributed by atoms with Gasteiger partial charge in [-0.05, 0) is 86.1 Å². The molecule has 0 saturated carbocycles. The van der Waals surface area contributed by atoms with Crippen molar-refractivity contribution in [1.82, 2.24) is 5.32 Å². The largest absolute Gasteiger partial charge is 0.494 e. The summed E-state index contributed by atoms with van der Waals surface area (Å²) in [7, 11) is 0. The van der Waals surface area contributed by atoms with E-state index in [-0.39, 0.29) is 18.3 Å². The van der Waals surface area contributed by atoms with E-state index in [0.29, 0.717) is 48.2 Å². The Bertz CT molecular complexity index is 1380. The normalized spacial score (nSPS) is 10.3. The predicted molar refractivity (Wildman–Crippen MR) is 155 cm³/mol. The summed E-state index contributed by atoms with van der Waals surface area (Å²) in [6.45, 7) is 3.03. The average molecular weight is 543 g/mol. The molecule has 4 rings (SSSR count). The van der Waals surface area contributed by atoms with Crippen LogP contribution in [0.2, 0.25) is 0 Å². The molecule has 40 heavy (non-hydrogen) atoms. The Morgan fingerprint density at radius 3 is 2.12 bits per heavy atom. The third-order valence-electron chi connectivity index (χ3n) is 5.76. The van der Waals surface area contributed by atoms with Crippen molar-refractivity contribution in [1.29, 1.82) is 0 Å².